The van der Waals surface area contributed by atoms with Gasteiger partial charge in [-0.2, -0.15) is 0 Å². The summed E-state index contributed by atoms with van der Waals surface area (Å²) in [4.78, 5) is 10.8. The molecular weight excluding hydrogens is 176 g/mol. The zero-order valence-corrected chi connectivity index (χ0v) is 6.88. The molecule has 1 unspecified atom stereocenters. The van der Waals surface area contributed by atoms with E-state index < -0.39 is 10.7 Å². The van der Waals surface area contributed by atoms with Gasteiger partial charge in [0.05, 0.1) is 0 Å². The van der Waals surface area contributed by atoms with Crippen LogP contribution in [0, 0.1) is 0 Å². The van der Waals surface area contributed by atoms with Crippen molar-refractivity contribution in [1.29, 1.82) is 0 Å². The standard InChI is InChI=1S/C8H6O3S/c9-7-5-3-1-2-4-6(5)11-8(10)12-7/h1-4,7,9H. The molecule has 0 aromatic heterocycles. The number of ether oxygens (including phenoxy) is 1. The van der Waals surface area contributed by atoms with E-state index in [0.717, 1.165) is 11.8 Å². The summed E-state index contributed by atoms with van der Waals surface area (Å²) < 4.78 is 4.87. The third-order valence-corrected chi connectivity index (χ3v) is 2.34. The van der Waals surface area contributed by atoms with Crippen molar-refractivity contribution in [2.45, 2.75) is 5.44 Å². The average Bonchev–Trinajstić information content (AvgIpc) is 2.04. The third-order valence-electron chi connectivity index (χ3n) is 1.59. The first-order valence-corrected chi connectivity index (χ1v) is 4.31. The molecule has 0 bridgehead atoms. The lowest BCUT2D eigenvalue weighted by Crippen LogP contribution is -2.12. The molecule has 1 heterocycles. The van der Waals surface area contributed by atoms with E-state index in [1.54, 1.807) is 24.3 Å². The summed E-state index contributed by atoms with van der Waals surface area (Å²) in [6.07, 6.45) is 0. The predicted molar refractivity (Wildman–Crippen MR) is 45.0 cm³/mol. The SMILES string of the molecule is O=C1Oc2ccccc2C(O)S1. The van der Waals surface area contributed by atoms with Crippen LogP contribution in [-0.2, 0) is 0 Å². The molecule has 1 atom stereocenters. The number of hydrogen-bond acceptors (Lipinski definition) is 4. The molecule has 0 amide bonds. The van der Waals surface area contributed by atoms with Crippen LogP contribution in [0.2, 0.25) is 0 Å². The number of carbonyl (C=O) groups is 1. The normalized spacial score (nSPS) is 21.4. The maximum atomic E-state index is 10.8. The lowest BCUT2D eigenvalue weighted by Gasteiger charge is -2.18. The minimum absolute atomic E-state index is 0.453. The van der Waals surface area contributed by atoms with Gasteiger partial charge >= 0.3 is 5.30 Å². The summed E-state index contributed by atoms with van der Waals surface area (Å²) in [5.41, 5.74) is -0.135. The van der Waals surface area contributed by atoms with Crippen molar-refractivity contribution in [2.24, 2.45) is 0 Å². The molecule has 0 radical (unpaired) electrons. The van der Waals surface area contributed by atoms with Gasteiger partial charge in [0.25, 0.3) is 0 Å². The Kier molecular flexibility index (Phi) is 1.78. The Morgan fingerprint density at radius 2 is 2.17 bits per heavy atom. The quantitative estimate of drug-likeness (QED) is 0.623. The Morgan fingerprint density at radius 3 is 3.00 bits per heavy atom. The second-order valence-corrected chi connectivity index (χ2v) is 3.38. The zero-order valence-electron chi connectivity index (χ0n) is 6.06. The van der Waals surface area contributed by atoms with Gasteiger partial charge in [-0.1, -0.05) is 18.2 Å². The fraction of sp³-hybridized carbons (Fsp3) is 0.125. The molecule has 0 fully saturated rings. The van der Waals surface area contributed by atoms with E-state index >= 15 is 0 Å². The molecule has 0 saturated carbocycles. The van der Waals surface area contributed by atoms with Gasteiger partial charge in [0.2, 0.25) is 0 Å². The molecule has 12 heavy (non-hydrogen) atoms. The first-order valence-electron chi connectivity index (χ1n) is 3.43. The second kappa shape index (κ2) is 2.80. The molecule has 2 rings (SSSR count). The van der Waals surface area contributed by atoms with Gasteiger partial charge < -0.3 is 9.84 Å². The monoisotopic (exact) mass is 182 g/mol. The topological polar surface area (TPSA) is 46.5 Å². The summed E-state index contributed by atoms with van der Waals surface area (Å²) >= 11 is 0.778. The van der Waals surface area contributed by atoms with E-state index in [0.29, 0.717) is 11.3 Å². The van der Waals surface area contributed by atoms with Crippen molar-refractivity contribution in [1.82, 2.24) is 0 Å². The summed E-state index contributed by atoms with van der Waals surface area (Å²) in [5, 5.41) is 8.94. The van der Waals surface area contributed by atoms with Crippen LogP contribution in [0.5, 0.6) is 5.75 Å². The predicted octanol–water partition coefficient (Wildman–Crippen LogP) is 1.92. The summed E-state index contributed by atoms with van der Waals surface area (Å²) in [6.45, 7) is 0. The lowest BCUT2D eigenvalue weighted by atomic mass is 10.2. The summed E-state index contributed by atoms with van der Waals surface area (Å²) in [7, 11) is 0. The van der Waals surface area contributed by atoms with Crippen molar-refractivity contribution in [3.05, 3.63) is 29.8 Å². The number of aliphatic hydroxyl groups is 1. The van der Waals surface area contributed by atoms with Crippen molar-refractivity contribution in [3.63, 3.8) is 0 Å². The zero-order chi connectivity index (χ0) is 8.55. The molecule has 1 aromatic carbocycles. The summed E-state index contributed by atoms with van der Waals surface area (Å²) in [5.74, 6) is 0.453. The summed E-state index contributed by atoms with van der Waals surface area (Å²) in [6, 6.07) is 6.95. The molecule has 0 spiro atoms. The Labute approximate surface area is 73.3 Å². The molecule has 1 aliphatic rings. The lowest BCUT2D eigenvalue weighted by molar-refractivity contribution is 0.214. The van der Waals surface area contributed by atoms with Gasteiger partial charge in [-0.05, 0) is 17.8 Å². The fourth-order valence-electron chi connectivity index (χ4n) is 1.05. The number of benzene rings is 1. The number of carbonyl (C=O) groups excluding carboxylic acids is 1. The number of thioether (sulfide) groups is 1. The number of fused-ring (bicyclic) bond motifs is 1. The second-order valence-electron chi connectivity index (χ2n) is 2.36. The Bertz CT molecular complexity index is 324. The Morgan fingerprint density at radius 1 is 1.42 bits per heavy atom. The molecule has 1 aliphatic heterocycles. The number of aliphatic hydroxyl groups excluding tert-OH is 1. The van der Waals surface area contributed by atoms with Crippen LogP contribution >= 0.6 is 11.8 Å². The largest absolute Gasteiger partial charge is 0.418 e. The van der Waals surface area contributed by atoms with Crippen LogP contribution in [0.3, 0.4) is 0 Å². The van der Waals surface area contributed by atoms with E-state index in [2.05, 4.69) is 0 Å². The van der Waals surface area contributed by atoms with E-state index in [1.165, 1.54) is 0 Å². The van der Waals surface area contributed by atoms with Crippen molar-refractivity contribution >= 4 is 17.1 Å². The van der Waals surface area contributed by atoms with E-state index in [1.807, 2.05) is 0 Å². The third kappa shape index (κ3) is 1.19. The van der Waals surface area contributed by atoms with E-state index in [-0.39, 0.29) is 0 Å². The van der Waals surface area contributed by atoms with Crippen LogP contribution < -0.4 is 4.74 Å². The van der Waals surface area contributed by atoms with Crippen molar-refractivity contribution in [3.8, 4) is 5.75 Å². The number of para-hydroxylation sites is 1. The molecule has 0 saturated heterocycles. The van der Waals surface area contributed by atoms with Gasteiger partial charge in [-0.25, -0.2) is 4.79 Å². The van der Waals surface area contributed by atoms with E-state index in [4.69, 9.17) is 4.74 Å². The minimum atomic E-state index is -0.789. The van der Waals surface area contributed by atoms with E-state index in [9.17, 15) is 9.90 Å². The van der Waals surface area contributed by atoms with Gasteiger partial charge in [-0.15, -0.1) is 0 Å². The Hall–Kier alpha value is -1.00. The molecular formula is C8H6O3S. The molecule has 3 nitrogen and oxygen atoms in total. The first-order chi connectivity index (χ1) is 5.77. The van der Waals surface area contributed by atoms with Crippen LogP contribution in [0.15, 0.2) is 24.3 Å². The highest BCUT2D eigenvalue weighted by molar-refractivity contribution is 8.13. The smallest absolute Gasteiger partial charge is 0.375 e. The van der Waals surface area contributed by atoms with Crippen LogP contribution in [0.4, 0.5) is 4.79 Å². The van der Waals surface area contributed by atoms with Crippen molar-refractivity contribution in [2.75, 3.05) is 0 Å². The van der Waals surface area contributed by atoms with Crippen LogP contribution in [-0.4, -0.2) is 10.4 Å². The van der Waals surface area contributed by atoms with Gasteiger partial charge in [-0.3, -0.25) is 0 Å². The highest BCUT2D eigenvalue weighted by Crippen LogP contribution is 2.38. The maximum absolute atomic E-state index is 10.8. The van der Waals surface area contributed by atoms with Gasteiger partial charge in [0.15, 0.2) is 0 Å². The average molecular weight is 182 g/mol. The fourth-order valence-corrected chi connectivity index (χ4v) is 1.69. The highest BCUT2D eigenvalue weighted by atomic mass is 32.2. The molecule has 62 valence electrons. The minimum Gasteiger partial charge on any atom is -0.418 e. The van der Waals surface area contributed by atoms with Crippen molar-refractivity contribution < 1.29 is 14.6 Å². The molecule has 1 N–H and O–H groups in total. The highest BCUT2D eigenvalue weighted by Gasteiger charge is 2.25. The van der Waals surface area contributed by atoms with Crippen LogP contribution in [0.1, 0.15) is 11.0 Å². The first kappa shape index (κ1) is 7.64. The molecule has 4 heteroatoms. The van der Waals surface area contributed by atoms with Gasteiger partial charge in [0, 0.05) is 5.56 Å². The number of hydrogen-bond donors (Lipinski definition) is 1. The maximum Gasteiger partial charge on any atom is 0.375 e. The van der Waals surface area contributed by atoms with Crippen LogP contribution in [0.25, 0.3) is 0 Å². The molecule has 0 aliphatic carbocycles. The van der Waals surface area contributed by atoms with Gasteiger partial charge in [0.1, 0.15) is 11.2 Å². The molecule has 1 aromatic rings. The number of rotatable bonds is 0. The Balaban J connectivity index is 2.47.